The van der Waals surface area contributed by atoms with E-state index >= 15 is 0 Å². The van der Waals surface area contributed by atoms with Crippen LogP contribution in [0.4, 0.5) is 0 Å². The van der Waals surface area contributed by atoms with Crippen molar-refractivity contribution in [1.82, 2.24) is 4.90 Å². The molecule has 0 radical (unpaired) electrons. The Morgan fingerprint density at radius 3 is 2.75 bits per heavy atom. The molecule has 1 aliphatic rings. The quantitative estimate of drug-likeness (QED) is 0.282. The van der Waals surface area contributed by atoms with Crippen molar-refractivity contribution in [2.75, 3.05) is 13.6 Å². The van der Waals surface area contributed by atoms with Crippen molar-refractivity contribution in [3.8, 4) is 0 Å². The van der Waals surface area contributed by atoms with E-state index in [4.69, 9.17) is 10.9 Å². The fourth-order valence-electron chi connectivity index (χ4n) is 1.35. The number of oxime groups is 1. The number of amidine groups is 1. The molecule has 4 nitrogen and oxygen atoms in total. The maximum Gasteiger partial charge on any atom is 0.140 e. The summed E-state index contributed by atoms with van der Waals surface area (Å²) in [6.45, 7) is 0.889. The molecule has 4 heteroatoms. The SMILES string of the molecule is CN(CCC(N)=NO)C1CCC1. The number of rotatable bonds is 4. The number of hydrogen-bond acceptors (Lipinski definition) is 3. The number of nitrogens with two attached hydrogens (primary N) is 1. The van der Waals surface area contributed by atoms with Gasteiger partial charge in [0.2, 0.25) is 0 Å². The first-order chi connectivity index (χ1) is 5.74. The van der Waals surface area contributed by atoms with E-state index in [0.29, 0.717) is 12.3 Å². The zero-order valence-corrected chi connectivity index (χ0v) is 7.53. The molecule has 0 aromatic heterocycles. The summed E-state index contributed by atoms with van der Waals surface area (Å²) in [5, 5.41) is 11.2. The van der Waals surface area contributed by atoms with Crippen molar-refractivity contribution in [3.05, 3.63) is 0 Å². The maximum absolute atomic E-state index is 8.30. The molecule has 12 heavy (non-hydrogen) atoms. The molecule has 0 aliphatic heterocycles. The molecule has 0 saturated heterocycles. The third-order valence-corrected chi connectivity index (χ3v) is 2.55. The molecule has 0 aromatic rings. The van der Waals surface area contributed by atoms with Crippen molar-refractivity contribution < 1.29 is 5.21 Å². The highest BCUT2D eigenvalue weighted by molar-refractivity contribution is 5.79. The lowest BCUT2D eigenvalue weighted by molar-refractivity contribution is 0.163. The summed E-state index contributed by atoms with van der Waals surface area (Å²) in [5.41, 5.74) is 5.35. The fourth-order valence-corrected chi connectivity index (χ4v) is 1.35. The summed E-state index contributed by atoms with van der Waals surface area (Å²) < 4.78 is 0. The molecule has 1 fully saturated rings. The van der Waals surface area contributed by atoms with Gasteiger partial charge in [-0.3, -0.25) is 0 Å². The summed E-state index contributed by atoms with van der Waals surface area (Å²) in [6, 6.07) is 0.733. The van der Waals surface area contributed by atoms with Crippen LogP contribution >= 0.6 is 0 Å². The third-order valence-electron chi connectivity index (χ3n) is 2.55. The lowest BCUT2D eigenvalue weighted by Gasteiger charge is -2.34. The van der Waals surface area contributed by atoms with Crippen LogP contribution < -0.4 is 5.73 Å². The van der Waals surface area contributed by atoms with Crippen molar-refractivity contribution in [2.45, 2.75) is 31.7 Å². The van der Waals surface area contributed by atoms with Crippen molar-refractivity contribution in [1.29, 1.82) is 0 Å². The summed E-state index contributed by atoms with van der Waals surface area (Å²) in [5.74, 6) is 0.321. The van der Waals surface area contributed by atoms with E-state index in [0.717, 1.165) is 12.6 Å². The first kappa shape index (κ1) is 9.32. The minimum absolute atomic E-state index is 0.321. The van der Waals surface area contributed by atoms with E-state index in [1.165, 1.54) is 19.3 Å². The van der Waals surface area contributed by atoms with Gasteiger partial charge in [-0.2, -0.15) is 0 Å². The van der Waals surface area contributed by atoms with Crippen LogP contribution in [0, 0.1) is 0 Å². The molecule has 1 aliphatic carbocycles. The molecule has 0 atom stereocenters. The molecular weight excluding hydrogens is 154 g/mol. The minimum Gasteiger partial charge on any atom is -0.409 e. The molecule has 1 rings (SSSR count). The monoisotopic (exact) mass is 171 g/mol. The van der Waals surface area contributed by atoms with Crippen LogP contribution in [0.25, 0.3) is 0 Å². The van der Waals surface area contributed by atoms with Crippen LogP contribution in [0.2, 0.25) is 0 Å². The Morgan fingerprint density at radius 2 is 2.33 bits per heavy atom. The highest BCUT2D eigenvalue weighted by Crippen LogP contribution is 2.23. The van der Waals surface area contributed by atoms with E-state index in [2.05, 4.69) is 17.1 Å². The number of hydrogen-bond donors (Lipinski definition) is 2. The molecule has 0 heterocycles. The summed E-state index contributed by atoms with van der Waals surface area (Å²) in [6.07, 6.45) is 4.60. The van der Waals surface area contributed by atoms with Gasteiger partial charge < -0.3 is 15.8 Å². The lowest BCUT2D eigenvalue weighted by Crippen LogP contribution is -2.38. The zero-order chi connectivity index (χ0) is 8.97. The second-order valence-electron chi connectivity index (χ2n) is 3.41. The molecule has 0 spiro atoms. The van der Waals surface area contributed by atoms with E-state index in [1.54, 1.807) is 0 Å². The van der Waals surface area contributed by atoms with Crippen LogP contribution in [0.1, 0.15) is 25.7 Å². The van der Waals surface area contributed by atoms with Gasteiger partial charge in [0.1, 0.15) is 5.84 Å². The lowest BCUT2D eigenvalue weighted by atomic mass is 9.92. The Balaban J connectivity index is 2.13. The minimum atomic E-state index is 0.321. The van der Waals surface area contributed by atoms with Crippen molar-refractivity contribution in [3.63, 3.8) is 0 Å². The number of nitrogens with zero attached hydrogens (tertiary/aromatic N) is 2. The van der Waals surface area contributed by atoms with Gasteiger partial charge in [-0.25, -0.2) is 0 Å². The molecular formula is C8H17N3O. The molecule has 0 aromatic carbocycles. The average Bonchev–Trinajstić information content (AvgIpc) is 1.97. The summed E-state index contributed by atoms with van der Waals surface area (Å²) in [7, 11) is 2.09. The smallest absolute Gasteiger partial charge is 0.140 e. The van der Waals surface area contributed by atoms with Crippen LogP contribution in [0.15, 0.2) is 5.16 Å². The van der Waals surface area contributed by atoms with Crippen LogP contribution in [0.3, 0.4) is 0 Å². The van der Waals surface area contributed by atoms with Gasteiger partial charge in [0.15, 0.2) is 0 Å². The van der Waals surface area contributed by atoms with Crippen LogP contribution in [-0.2, 0) is 0 Å². The molecule has 1 saturated carbocycles. The van der Waals surface area contributed by atoms with Gasteiger partial charge in [0, 0.05) is 19.0 Å². The first-order valence-corrected chi connectivity index (χ1v) is 4.40. The molecule has 70 valence electrons. The van der Waals surface area contributed by atoms with Gasteiger partial charge in [-0.15, -0.1) is 0 Å². The molecule has 0 amide bonds. The normalized spacial score (nSPS) is 19.7. The van der Waals surface area contributed by atoms with Gasteiger partial charge in [0.25, 0.3) is 0 Å². The first-order valence-electron chi connectivity index (χ1n) is 4.40. The van der Waals surface area contributed by atoms with E-state index in [-0.39, 0.29) is 0 Å². The molecule has 0 unspecified atom stereocenters. The molecule has 0 bridgehead atoms. The Labute approximate surface area is 73.0 Å². The van der Waals surface area contributed by atoms with E-state index in [9.17, 15) is 0 Å². The predicted molar refractivity (Wildman–Crippen MR) is 48.3 cm³/mol. The van der Waals surface area contributed by atoms with Crippen LogP contribution in [0.5, 0.6) is 0 Å². The average molecular weight is 171 g/mol. The summed E-state index contributed by atoms with van der Waals surface area (Å²) in [4.78, 5) is 2.28. The highest BCUT2D eigenvalue weighted by atomic mass is 16.4. The van der Waals surface area contributed by atoms with Crippen molar-refractivity contribution in [2.24, 2.45) is 10.9 Å². The van der Waals surface area contributed by atoms with Gasteiger partial charge >= 0.3 is 0 Å². The van der Waals surface area contributed by atoms with Crippen molar-refractivity contribution >= 4 is 5.84 Å². The van der Waals surface area contributed by atoms with Gasteiger partial charge in [-0.1, -0.05) is 11.6 Å². The fraction of sp³-hybridized carbons (Fsp3) is 0.875. The van der Waals surface area contributed by atoms with Crippen LogP contribution in [-0.4, -0.2) is 35.6 Å². The largest absolute Gasteiger partial charge is 0.409 e. The Bertz CT molecular complexity index is 166. The third kappa shape index (κ3) is 2.37. The summed E-state index contributed by atoms with van der Waals surface area (Å²) >= 11 is 0. The van der Waals surface area contributed by atoms with E-state index < -0.39 is 0 Å². The van der Waals surface area contributed by atoms with Gasteiger partial charge in [0.05, 0.1) is 0 Å². The second kappa shape index (κ2) is 4.30. The predicted octanol–water partition coefficient (Wildman–Crippen LogP) is 0.607. The topological polar surface area (TPSA) is 61.8 Å². The standard InChI is InChI=1S/C8H17N3O/c1-11(7-3-2-4-7)6-5-8(9)10-12/h7,12H,2-6H2,1H3,(H2,9,10). The van der Waals surface area contributed by atoms with Gasteiger partial charge in [-0.05, 0) is 19.9 Å². The maximum atomic E-state index is 8.30. The second-order valence-corrected chi connectivity index (χ2v) is 3.41. The Kier molecular flexibility index (Phi) is 3.34. The molecule has 3 N–H and O–H groups in total. The Morgan fingerprint density at radius 1 is 1.67 bits per heavy atom. The Hall–Kier alpha value is -0.770. The van der Waals surface area contributed by atoms with E-state index in [1.807, 2.05) is 0 Å². The highest BCUT2D eigenvalue weighted by Gasteiger charge is 2.21. The zero-order valence-electron chi connectivity index (χ0n) is 7.53.